The quantitative estimate of drug-likeness (QED) is 0.701. The van der Waals surface area contributed by atoms with Crippen LogP contribution in [0.3, 0.4) is 0 Å². The first kappa shape index (κ1) is 11.8. The Labute approximate surface area is 96.5 Å². The summed E-state index contributed by atoms with van der Waals surface area (Å²) in [6.07, 6.45) is 0. The second-order valence-corrected chi connectivity index (χ2v) is 5.10. The zero-order chi connectivity index (χ0) is 12.6. The minimum atomic E-state index is -4.41. The van der Waals surface area contributed by atoms with Crippen LogP contribution >= 0.6 is 7.60 Å². The summed E-state index contributed by atoms with van der Waals surface area (Å²) < 4.78 is 11.3. The van der Waals surface area contributed by atoms with E-state index in [4.69, 9.17) is 5.11 Å². The predicted molar refractivity (Wildman–Crippen MR) is 62.6 cm³/mol. The molecule has 0 saturated heterocycles. The maximum Gasteiger partial charge on any atom is 0.356 e. The molecule has 0 unspecified atom stereocenters. The SMILES string of the molecule is O=C(O)c1ccc(P(=O)(O)O)c2ccccc12. The van der Waals surface area contributed by atoms with Gasteiger partial charge in [0.15, 0.2) is 0 Å². The molecule has 0 aliphatic carbocycles. The number of benzene rings is 2. The van der Waals surface area contributed by atoms with E-state index in [9.17, 15) is 19.1 Å². The lowest BCUT2D eigenvalue weighted by atomic mass is 10.0. The van der Waals surface area contributed by atoms with Gasteiger partial charge in [0.05, 0.1) is 10.9 Å². The summed E-state index contributed by atoms with van der Waals surface area (Å²) in [6.45, 7) is 0. The molecule has 0 aliphatic rings. The standard InChI is InChI=1S/C11H9O5P/c12-11(13)9-5-6-10(17(14,15)16)8-4-2-1-3-7(8)9/h1-6H,(H,12,13)(H2,14,15,16). The van der Waals surface area contributed by atoms with Gasteiger partial charge in [0.25, 0.3) is 0 Å². The van der Waals surface area contributed by atoms with Crippen LogP contribution < -0.4 is 5.30 Å². The van der Waals surface area contributed by atoms with Crippen molar-refractivity contribution in [2.75, 3.05) is 0 Å². The van der Waals surface area contributed by atoms with E-state index in [1.165, 1.54) is 18.2 Å². The first-order chi connectivity index (χ1) is 7.91. The topological polar surface area (TPSA) is 94.8 Å². The number of carboxylic acids is 1. The van der Waals surface area contributed by atoms with Gasteiger partial charge in [-0.15, -0.1) is 0 Å². The Morgan fingerprint density at radius 2 is 1.59 bits per heavy atom. The average Bonchev–Trinajstić information content (AvgIpc) is 2.26. The lowest BCUT2D eigenvalue weighted by Crippen LogP contribution is -2.08. The molecule has 5 nitrogen and oxygen atoms in total. The Morgan fingerprint density at radius 1 is 1.00 bits per heavy atom. The minimum absolute atomic E-state index is 0.0257. The largest absolute Gasteiger partial charge is 0.478 e. The van der Waals surface area contributed by atoms with E-state index in [0.717, 1.165) is 6.07 Å². The lowest BCUT2D eigenvalue weighted by Gasteiger charge is -2.09. The number of fused-ring (bicyclic) bond motifs is 1. The van der Waals surface area contributed by atoms with Gasteiger partial charge in [0.1, 0.15) is 0 Å². The number of rotatable bonds is 2. The van der Waals surface area contributed by atoms with Gasteiger partial charge in [-0.25, -0.2) is 4.79 Å². The second-order valence-electron chi connectivity index (χ2n) is 3.53. The molecule has 2 rings (SSSR count). The van der Waals surface area contributed by atoms with Crippen LogP contribution in [0.2, 0.25) is 0 Å². The van der Waals surface area contributed by atoms with Crippen LogP contribution in [0, 0.1) is 0 Å². The molecule has 0 spiro atoms. The highest BCUT2D eigenvalue weighted by Crippen LogP contribution is 2.36. The molecule has 0 bridgehead atoms. The Bertz CT molecular complexity index is 643. The Balaban J connectivity index is 2.90. The molecule has 0 aromatic heterocycles. The van der Waals surface area contributed by atoms with Crippen LogP contribution in [-0.2, 0) is 4.57 Å². The molecule has 0 aliphatic heterocycles. The van der Waals surface area contributed by atoms with Crippen LogP contribution in [0.15, 0.2) is 36.4 Å². The first-order valence-electron chi connectivity index (χ1n) is 4.72. The maximum atomic E-state index is 11.3. The van der Waals surface area contributed by atoms with Crippen molar-refractivity contribution in [3.8, 4) is 0 Å². The van der Waals surface area contributed by atoms with E-state index < -0.39 is 13.6 Å². The summed E-state index contributed by atoms with van der Waals surface area (Å²) in [5.41, 5.74) is 0.0257. The van der Waals surface area contributed by atoms with Crippen LogP contribution in [0.4, 0.5) is 0 Å². The number of aromatic carboxylic acids is 1. The molecule has 0 atom stereocenters. The van der Waals surface area contributed by atoms with Gasteiger partial charge in [-0.05, 0) is 22.9 Å². The molecule has 6 heteroatoms. The third-order valence-corrected chi connectivity index (χ3v) is 3.46. The van der Waals surface area contributed by atoms with Gasteiger partial charge in [0.2, 0.25) is 0 Å². The summed E-state index contributed by atoms with van der Waals surface area (Å²) in [4.78, 5) is 29.3. The first-order valence-corrected chi connectivity index (χ1v) is 6.33. The monoisotopic (exact) mass is 252 g/mol. The molecule has 17 heavy (non-hydrogen) atoms. The molecule has 0 amide bonds. The Hall–Kier alpha value is -1.68. The van der Waals surface area contributed by atoms with Crippen molar-refractivity contribution >= 4 is 29.6 Å². The van der Waals surface area contributed by atoms with Gasteiger partial charge in [0, 0.05) is 0 Å². The smallest absolute Gasteiger partial charge is 0.356 e. The van der Waals surface area contributed by atoms with Crippen molar-refractivity contribution in [2.45, 2.75) is 0 Å². The van der Waals surface area contributed by atoms with Crippen molar-refractivity contribution in [1.82, 2.24) is 0 Å². The van der Waals surface area contributed by atoms with Crippen molar-refractivity contribution in [2.24, 2.45) is 0 Å². The summed E-state index contributed by atoms with van der Waals surface area (Å²) in [5.74, 6) is -1.13. The molecule has 3 N–H and O–H groups in total. The van der Waals surface area contributed by atoms with Crippen LogP contribution in [0.5, 0.6) is 0 Å². The normalized spacial score (nSPS) is 11.6. The molecule has 0 saturated carbocycles. The van der Waals surface area contributed by atoms with Crippen molar-refractivity contribution in [3.05, 3.63) is 42.0 Å². The van der Waals surface area contributed by atoms with Crippen molar-refractivity contribution in [3.63, 3.8) is 0 Å². The fraction of sp³-hybridized carbons (Fsp3) is 0. The van der Waals surface area contributed by atoms with Crippen LogP contribution in [0.1, 0.15) is 10.4 Å². The predicted octanol–water partition coefficient (Wildman–Crippen LogP) is 1.34. The number of hydrogen-bond acceptors (Lipinski definition) is 2. The van der Waals surface area contributed by atoms with E-state index in [2.05, 4.69) is 0 Å². The number of carboxylic acid groups (broad SMARTS) is 1. The average molecular weight is 252 g/mol. The van der Waals surface area contributed by atoms with Gasteiger partial charge in [-0.1, -0.05) is 24.3 Å². The summed E-state index contributed by atoms with van der Waals surface area (Å²) in [7, 11) is -4.41. The molecular weight excluding hydrogens is 243 g/mol. The third kappa shape index (κ3) is 2.08. The van der Waals surface area contributed by atoms with Crippen LogP contribution in [0.25, 0.3) is 10.8 Å². The number of carbonyl (C=O) groups is 1. The molecular formula is C11H9O5P. The fourth-order valence-electron chi connectivity index (χ4n) is 1.72. The highest BCUT2D eigenvalue weighted by molar-refractivity contribution is 7.60. The molecule has 0 fully saturated rings. The highest BCUT2D eigenvalue weighted by atomic mass is 31.2. The van der Waals surface area contributed by atoms with E-state index in [0.29, 0.717) is 5.39 Å². The zero-order valence-electron chi connectivity index (χ0n) is 8.57. The third-order valence-electron chi connectivity index (χ3n) is 2.45. The van der Waals surface area contributed by atoms with E-state index >= 15 is 0 Å². The Morgan fingerprint density at radius 3 is 2.12 bits per heavy atom. The van der Waals surface area contributed by atoms with Crippen LogP contribution in [-0.4, -0.2) is 20.9 Å². The van der Waals surface area contributed by atoms with E-state index in [1.54, 1.807) is 12.1 Å². The summed E-state index contributed by atoms with van der Waals surface area (Å²) >= 11 is 0. The molecule has 88 valence electrons. The minimum Gasteiger partial charge on any atom is -0.478 e. The van der Waals surface area contributed by atoms with Gasteiger partial charge >= 0.3 is 13.6 Å². The van der Waals surface area contributed by atoms with Gasteiger partial charge < -0.3 is 14.9 Å². The zero-order valence-corrected chi connectivity index (χ0v) is 9.46. The lowest BCUT2D eigenvalue weighted by molar-refractivity contribution is 0.0699. The van der Waals surface area contributed by atoms with E-state index in [1.807, 2.05) is 0 Å². The van der Waals surface area contributed by atoms with Gasteiger partial charge in [-0.2, -0.15) is 0 Å². The molecule has 0 radical (unpaired) electrons. The number of hydrogen-bond donors (Lipinski definition) is 3. The maximum absolute atomic E-state index is 11.3. The van der Waals surface area contributed by atoms with E-state index in [-0.39, 0.29) is 16.3 Å². The van der Waals surface area contributed by atoms with Gasteiger partial charge in [-0.3, -0.25) is 4.57 Å². The van der Waals surface area contributed by atoms with Crippen molar-refractivity contribution < 1.29 is 24.3 Å². The van der Waals surface area contributed by atoms with Crippen molar-refractivity contribution in [1.29, 1.82) is 0 Å². The highest BCUT2D eigenvalue weighted by Gasteiger charge is 2.22. The fourth-order valence-corrected chi connectivity index (χ4v) is 2.50. The molecule has 2 aromatic carbocycles. The summed E-state index contributed by atoms with van der Waals surface area (Å²) in [6, 6.07) is 8.62. The molecule has 0 heterocycles. The summed E-state index contributed by atoms with van der Waals surface area (Å²) in [5, 5.41) is 9.41. The molecule has 2 aromatic rings. The second kappa shape index (κ2) is 3.96. The Kier molecular flexibility index (Phi) is 2.75.